The van der Waals surface area contributed by atoms with Crippen LogP contribution in [-0.2, 0) is 16.1 Å². The summed E-state index contributed by atoms with van der Waals surface area (Å²) in [7, 11) is 0. The van der Waals surface area contributed by atoms with Crippen LogP contribution in [-0.4, -0.2) is 27.4 Å². The van der Waals surface area contributed by atoms with Crippen molar-refractivity contribution in [1.29, 1.82) is 0 Å². The van der Waals surface area contributed by atoms with Gasteiger partial charge in [0.05, 0.1) is 17.5 Å². The van der Waals surface area contributed by atoms with Crippen molar-refractivity contribution in [2.24, 2.45) is 0 Å². The third-order valence-electron chi connectivity index (χ3n) is 3.70. The van der Waals surface area contributed by atoms with Gasteiger partial charge in [-0.15, -0.1) is 0 Å². The van der Waals surface area contributed by atoms with Crippen LogP contribution in [0.5, 0.6) is 0 Å². The highest BCUT2D eigenvalue weighted by Gasteiger charge is 2.29. The molecule has 0 bridgehead atoms. The third kappa shape index (κ3) is 2.88. The van der Waals surface area contributed by atoms with Crippen molar-refractivity contribution in [2.75, 3.05) is 6.61 Å². The van der Waals surface area contributed by atoms with E-state index < -0.39 is 0 Å². The molecule has 1 fully saturated rings. The van der Waals surface area contributed by atoms with Gasteiger partial charge in [0, 0.05) is 13.0 Å². The number of esters is 1. The molecule has 1 aromatic heterocycles. The highest BCUT2D eigenvalue weighted by atomic mass is 32.2. The molecule has 5 nitrogen and oxygen atoms in total. The van der Waals surface area contributed by atoms with Crippen LogP contribution in [0.1, 0.15) is 26.2 Å². The summed E-state index contributed by atoms with van der Waals surface area (Å²) in [6, 6.07) is 7.34. The van der Waals surface area contributed by atoms with Gasteiger partial charge in [0.25, 0.3) is 5.56 Å². The van der Waals surface area contributed by atoms with E-state index in [4.69, 9.17) is 4.74 Å². The Kier molecular flexibility index (Phi) is 4.47. The molecule has 1 aliphatic heterocycles. The first-order chi connectivity index (χ1) is 10.7. The van der Waals surface area contributed by atoms with E-state index in [2.05, 4.69) is 11.9 Å². The molecular weight excluding hydrogens is 300 g/mol. The molecule has 0 spiro atoms. The number of carbonyl (C=O) groups is 1. The van der Waals surface area contributed by atoms with Crippen LogP contribution in [0.2, 0.25) is 0 Å². The molecule has 0 unspecified atom stereocenters. The van der Waals surface area contributed by atoms with Crippen molar-refractivity contribution in [3.8, 4) is 0 Å². The summed E-state index contributed by atoms with van der Waals surface area (Å²) in [6.45, 7) is 3.15. The number of cyclic esters (lactones) is 1. The number of fused-ring (bicyclic) bond motifs is 1. The van der Waals surface area contributed by atoms with Gasteiger partial charge >= 0.3 is 5.97 Å². The standard InChI is InChI=1S/C16H18N2O3S/c1-2-3-9-18-14(19)11-6-4-5-7-12(11)17-16(18)22-13-8-10-21-15(13)20/h4-7,13H,2-3,8-10H2,1H3/t13-/m0/s1. The molecule has 2 heterocycles. The van der Waals surface area contributed by atoms with Gasteiger partial charge in [-0.3, -0.25) is 14.2 Å². The second-order valence-electron chi connectivity index (χ2n) is 5.28. The number of benzene rings is 1. The van der Waals surface area contributed by atoms with Crippen LogP contribution in [0.3, 0.4) is 0 Å². The van der Waals surface area contributed by atoms with Crippen molar-refractivity contribution in [2.45, 2.75) is 43.1 Å². The minimum absolute atomic E-state index is 0.0343. The number of unbranched alkanes of at least 4 members (excludes halogenated alkanes) is 1. The zero-order chi connectivity index (χ0) is 15.5. The predicted octanol–water partition coefficient (Wildman–Crippen LogP) is 2.60. The monoisotopic (exact) mass is 318 g/mol. The molecular formula is C16H18N2O3S. The number of ether oxygens (including phenoxy) is 1. The lowest BCUT2D eigenvalue weighted by Crippen LogP contribution is -2.25. The van der Waals surface area contributed by atoms with Gasteiger partial charge in [0.15, 0.2) is 5.16 Å². The van der Waals surface area contributed by atoms with Gasteiger partial charge in [-0.05, 0) is 18.6 Å². The average molecular weight is 318 g/mol. The topological polar surface area (TPSA) is 61.2 Å². The summed E-state index contributed by atoms with van der Waals surface area (Å²) in [5.41, 5.74) is 0.641. The third-order valence-corrected chi connectivity index (χ3v) is 4.93. The van der Waals surface area contributed by atoms with Crippen molar-refractivity contribution < 1.29 is 9.53 Å². The smallest absolute Gasteiger partial charge is 0.319 e. The quantitative estimate of drug-likeness (QED) is 0.626. The Morgan fingerprint density at radius 2 is 2.18 bits per heavy atom. The Morgan fingerprint density at radius 1 is 1.36 bits per heavy atom. The predicted molar refractivity (Wildman–Crippen MR) is 86.1 cm³/mol. The highest BCUT2D eigenvalue weighted by Crippen LogP contribution is 2.28. The van der Waals surface area contributed by atoms with Crippen molar-refractivity contribution >= 4 is 28.6 Å². The number of rotatable bonds is 5. The summed E-state index contributed by atoms with van der Waals surface area (Å²) in [6.07, 6.45) is 2.57. The number of hydrogen-bond acceptors (Lipinski definition) is 5. The second kappa shape index (κ2) is 6.52. The maximum Gasteiger partial charge on any atom is 0.319 e. The zero-order valence-corrected chi connectivity index (χ0v) is 13.3. The highest BCUT2D eigenvalue weighted by molar-refractivity contribution is 8.00. The van der Waals surface area contributed by atoms with E-state index in [0.717, 1.165) is 12.8 Å². The van der Waals surface area contributed by atoms with Crippen LogP contribution < -0.4 is 5.56 Å². The molecule has 116 valence electrons. The number of thioether (sulfide) groups is 1. The number of hydrogen-bond donors (Lipinski definition) is 0. The minimum Gasteiger partial charge on any atom is -0.465 e. The van der Waals surface area contributed by atoms with E-state index in [0.29, 0.717) is 35.6 Å². The van der Waals surface area contributed by atoms with Crippen molar-refractivity contribution in [1.82, 2.24) is 9.55 Å². The van der Waals surface area contributed by atoms with E-state index in [1.54, 1.807) is 10.6 Å². The molecule has 1 aromatic carbocycles. The van der Waals surface area contributed by atoms with Crippen LogP contribution in [0.4, 0.5) is 0 Å². The first kappa shape index (κ1) is 15.1. The second-order valence-corrected chi connectivity index (χ2v) is 6.45. The zero-order valence-electron chi connectivity index (χ0n) is 12.4. The summed E-state index contributed by atoms with van der Waals surface area (Å²) in [5, 5.41) is 0.971. The van der Waals surface area contributed by atoms with Gasteiger partial charge < -0.3 is 4.74 Å². The fourth-order valence-corrected chi connectivity index (χ4v) is 3.55. The molecule has 0 radical (unpaired) electrons. The number of nitrogens with zero attached hydrogens (tertiary/aromatic N) is 2. The molecule has 3 rings (SSSR count). The molecule has 6 heteroatoms. The normalized spacial score (nSPS) is 17.9. The van der Waals surface area contributed by atoms with Gasteiger partial charge in [0.1, 0.15) is 5.25 Å². The fourth-order valence-electron chi connectivity index (χ4n) is 2.46. The van der Waals surface area contributed by atoms with Crippen molar-refractivity contribution in [3.05, 3.63) is 34.6 Å². The largest absolute Gasteiger partial charge is 0.465 e. The Labute approximate surface area is 132 Å². The molecule has 0 N–H and O–H groups in total. The summed E-state index contributed by atoms with van der Waals surface area (Å²) < 4.78 is 6.70. The summed E-state index contributed by atoms with van der Waals surface area (Å²) in [5.74, 6) is -0.213. The summed E-state index contributed by atoms with van der Waals surface area (Å²) >= 11 is 1.34. The van der Waals surface area contributed by atoms with Crippen LogP contribution >= 0.6 is 11.8 Å². The maximum absolute atomic E-state index is 12.7. The molecule has 1 atom stereocenters. The number of aromatic nitrogens is 2. The maximum atomic E-state index is 12.7. The molecule has 1 saturated heterocycles. The van der Waals surface area contributed by atoms with E-state index in [-0.39, 0.29) is 16.8 Å². The molecule has 0 saturated carbocycles. The lowest BCUT2D eigenvalue weighted by atomic mass is 10.2. The van der Waals surface area contributed by atoms with Crippen LogP contribution in [0.15, 0.2) is 34.2 Å². The van der Waals surface area contributed by atoms with E-state index in [9.17, 15) is 9.59 Å². The SMILES string of the molecule is CCCCn1c(S[C@H]2CCOC2=O)nc2ccccc2c1=O. The van der Waals surface area contributed by atoms with Gasteiger partial charge in [-0.2, -0.15) is 0 Å². The average Bonchev–Trinajstić information content (AvgIpc) is 2.92. The lowest BCUT2D eigenvalue weighted by molar-refractivity contribution is -0.137. The Hall–Kier alpha value is -1.82. The van der Waals surface area contributed by atoms with E-state index >= 15 is 0 Å². The molecule has 0 aliphatic carbocycles. The first-order valence-corrected chi connectivity index (χ1v) is 8.41. The number of carbonyl (C=O) groups excluding carboxylic acids is 1. The minimum atomic E-state index is -0.263. The van der Waals surface area contributed by atoms with E-state index in [1.807, 2.05) is 18.2 Å². The van der Waals surface area contributed by atoms with Gasteiger partial charge in [-0.25, -0.2) is 4.98 Å². The first-order valence-electron chi connectivity index (χ1n) is 7.53. The molecule has 0 amide bonds. The van der Waals surface area contributed by atoms with Crippen LogP contribution in [0.25, 0.3) is 10.9 Å². The molecule has 2 aromatic rings. The fraction of sp³-hybridized carbons (Fsp3) is 0.438. The Bertz CT molecular complexity index is 757. The number of para-hydroxylation sites is 1. The van der Waals surface area contributed by atoms with Gasteiger partial charge in [0.2, 0.25) is 0 Å². The molecule has 22 heavy (non-hydrogen) atoms. The van der Waals surface area contributed by atoms with Gasteiger partial charge in [-0.1, -0.05) is 37.2 Å². The summed E-state index contributed by atoms with van der Waals surface area (Å²) in [4.78, 5) is 29.0. The van der Waals surface area contributed by atoms with E-state index in [1.165, 1.54) is 11.8 Å². The van der Waals surface area contributed by atoms with Crippen LogP contribution in [0, 0.1) is 0 Å². The lowest BCUT2D eigenvalue weighted by Gasteiger charge is -2.14. The molecule has 1 aliphatic rings. The Morgan fingerprint density at radius 3 is 2.91 bits per heavy atom. The van der Waals surface area contributed by atoms with Crippen molar-refractivity contribution in [3.63, 3.8) is 0 Å². The Balaban J connectivity index is 2.05.